The highest BCUT2D eigenvalue weighted by atomic mass is 35.5. The van der Waals surface area contributed by atoms with Crippen LogP contribution in [0.3, 0.4) is 0 Å². The molecule has 0 radical (unpaired) electrons. The Labute approximate surface area is 233 Å². The summed E-state index contributed by atoms with van der Waals surface area (Å²) in [5.41, 5.74) is 0.714. The summed E-state index contributed by atoms with van der Waals surface area (Å²) in [4.78, 5) is 38.6. The van der Waals surface area contributed by atoms with Gasteiger partial charge in [0.2, 0.25) is 10.0 Å². The van der Waals surface area contributed by atoms with Gasteiger partial charge in [0.15, 0.2) is 0 Å². The minimum atomic E-state index is -3.86. The van der Waals surface area contributed by atoms with Crippen molar-refractivity contribution in [2.24, 2.45) is 0 Å². The van der Waals surface area contributed by atoms with E-state index in [2.05, 4.69) is 10.6 Å². The monoisotopic (exact) mass is 582 g/mol. The number of carbonyl (C=O) groups is 2. The SMILES string of the molecule is O=C(N[C@H]1CN(S(=O)(=O)c2ccccc2)C[C@H]1NC(=O)c1ccc(Cl)s1)c1ccc(-n2ccccc2=O)cc1. The Morgan fingerprint density at radius 2 is 1.46 bits per heavy atom. The van der Waals surface area contributed by atoms with Crippen molar-refractivity contribution in [2.45, 2.75) is 17.0 Å². The van der Waals surface area contributed by atoms with Crippen molar-refractivity contribution in [1.82, 2.24) is 19.5 Å². The second-order valence-electron chi connectivity index (χ2n) is 8.85. The Hall–Kier alpha value is -3.77. The molecule has 0 aliphatic carbocycles. The highest BCUT2D eigenvalue weighted by Gasteiger charge is 2.41. The van der Waals surface area contributed by atoms with Crippen LogP contribution < -0.4 is 16.2 Å². The zero-order valence-corrected chi connectivity index (χ0v) is 22.7. The van der Waals surface area contributed by atoms with Crippen molar-refractivity contribution in [1.29, 1.82) is 0 Å². The van der Waals surface area contributed by atoms with Gasteiger partial charge in [-0.15, -0.1) is 11.3 Å². The van der Waals surface area contributed by atoms with E-state index < -0.39 is 33.9 Å². The predicted octanol–water partition coefficient (Wildman–Crippen LogP) is 3.15. The van der Waals surface area contributed by atoms with Crippen molar-refractivity contribution in [3.8, 4) is 5.69 Å². The Balaban J connectivity index is 1.37. The summed E-state index contributed by atoms with van der Waals surface area (Å²) in [6, 6.07) is 21.1. The molecule has 2 aromatic heterocycles. The van der Waals surface area contributed by atoms with E-state index in [4.69, 9.17) is 11.6 Å². The summed E-state index contributed by atoms with van der Waals surface area (Å²) in [6.45, 7) is -0.0561. The molecule has 0 bridgehead atoms. The Morgan fingerprint density at radius 1 is 0.821 bits per heavy atom. The third-order valence-electron chi connectivity index (χ3n) is 6.33. The summed E-state index contributed by atoms with van der Waals surface area (Å²) >= 11 is 7.08. The van der Waals surface area contributed by atoms with Gasteiger partial charge in [-0.2, -0.15) is 4.31 Å². The second-order valence-corrected chi connectivity index (χ2v) is 12.5. The highest BCUT2D eigenvalue weighted by molar-refractivity contribution is 7.89. The van der Waals surface area contributed by atoms with E-state index in [1.807, 2.05) is 0 Å². The number of nitrogens with one attached hydrogen (secondary N) is 2. The zero-order valence-electron chi connectivity index (χ0n) is 20.4. The molecule has 12 heteroatoms. The van der Waals surface area contributed by atoms with Gasteiger partial charge in [0.25, 0.3) is 17.4 Å². The van der Waals surface area contributed by atoms with Crippen molar-refractivity contribution < 1.29 is 18.0 Å². The molecule has 1 aliphatic rings. The number of sulfonamides is 1. The molecule has 2 N–H and O–H groups in total. The van der Waals surface area contributed by atoms with Crippen LogP contribution in [0.4, 0.5) is 0 Å². The molecule has 0 unspecified atom stereocenters. The van der Waals surface area contributed by atoms with Gasteiger partial charge in [0.1, 0.15) is 0 Å². The lowest BCUT2D eigenvalue weighted by atomic mass is 10.1. The lowest BCUT2D eigenvalue weighted by Crippen LogP contribution is -2.50. The van der Waals surface area contributed by atoms with Crippen molar-refractivity contribution in [3.63, 3.8) is 0 Å². The largest absolute Gasteiger partial charge is 0.346 e. The maximum Gasteiger partial charge on any atom is 0.261 e. The second kappa shape index (κ2) is 11.1. The fourth-order valence-electron chi connectivity index (χ4n) is 4.34. The summed E-state index contributed by atoms with van der Waals surface area (Å²) in [5, 5.41) is 5.74. The molecule has 1 fully saturated rings. The smallest absolute Gasteiger partial charge is 0.261 e. The average molecular weight is 583 g/mol. The summed E-state index contributed by atoms with van der Waals surface area (Å²) in [5.74, 6) is -0.850. The van der Waals surface area contributed by atoms with E-state index >= 15 is 0 Å². The first-order chi connectivity index (χ1) is 18.7. The van der Waals surface area contributed by atoms with Crippen LogP contribution in [0.1, 0.15) is 20.0 Å². The van der Waals surface area contributed by atoms with Gasteiger partial charge in [-0.1, -0.05) is 35.9 Å². The fraction of sp³-hybridized carbons (Fsp3) is 0.148. The van der Waals surface area contributed by atoms with Crippen LogP contribution in [0, 0.1) is 0 Å². The number of nitrogens with zero attached hydrogens (tertiary/aromatic N) is 2. The number of pyridine rings is 1. The zero-order chi connectivity index (χ0) is 27.6. The molecule has 39 heavy (non-hydrogen) atoms. The van der Waals surface area contributed by atoms with Gasteiger partial charge in [-0.3, -0.25) is 19.0 Å². The Kier molecular flexibility index (Phi) is 7.67. The first-order valence-corrected chi connectivity index (χ1v) is 14.6. The summed E-state index contributed by atoms with van der Waals surface area (Å²) in [6.07, 6.45) is 1.63. The van der Waals surface area contributed by atoms with Crippen LogP contribution in [0.5, 0.6) is 0 Å². The van der Waals surface area contributed by atoms with Gasteiger partial charge in [-0.05, 0) is 54.6 Å². The number of aromatic nitrogens is 1. The molecule has 1 aliphatic heterocycles. The minimum Gasteiger partial charge on any atom is -0.346 e. The molecule has 0 spiro atoms. The number of carbonyl (C=O) groups excluding carboxylic acids is 2. The van der Waals surface area contributed by atoms with E-state index in [1.165, 1.54) is 27.1 Å². The molecule has 9 nitrogen and oxygen atoms in total. The topological polar surface area (TPSA) is 118 Å². The van der Waals surface area contributed by atoms with Gasteiger partial charge >= 0.3 is 0 Å². The van der Waals surface area contributed by atoms with Crippen LogP contribution in [0.2, 0.25) is 4.34 Å². The van der Waals surface area contributed by atoms with E-state index in [9.17, 15) is 22.8 Å². The molecule has 5 rings (SSSR count). The number of benzene rings is 2. The summed E-state index contributed by atoms with van der Waals surface area (Å²) < 4.78 is 29.8. The normalized spacial score (nSPS) is 17.6. The molecule has 1 saturated heterocycles. The van der Waals surface area contributed by atoms with Crippen molar-refractivity contribution >= 4 is 44.8 Å². The quantitative estimate of drug-likeness (QED) is 0.347. The lowest BCUT2D eigenvalue weighted by molar-refractivity contribution is 0.0898. The number of hydrogen-bond acceptors (Lipinski definition) is 6. The summed E-state index contributed by atoms with van der Waals surface area (Å²) in [7, 11) is -3.86. The molecule has 4 aromatic rings. The van der Waals surface area contributed by atoms with Crippen LogP contribution in [-0.2, 0) is 10.0 Å². The van der Waals surface area contributed by atoms with Gasteiger partial charge in [0.05, 0.1) is 26.2 Å². The molecule has 2 atom stereocenters. The molecule has 2 amide bonds. The van der Waals surface area contributed by atoms with Crippen LogP contribution in [0.25, 0.3) is 5.69 Å². The molecule has 200 valence electrons. The third-order valence-corrected chi connectivity index (χ3v) is 9.40. The average Bonchev–Trinajstić information content (AvgIpc) is 3.56. The molecule has 0 saturated carbocycles. The number of rotatable bonds is 7. The maximum absolute atomic E-state index is 13.3. The van der Waals surface area contributed by atoms with Gasteiger partial charge in [0, 0.05) is 36.6 Å². The standard InChI is InChI=1S/C27H23ClN4O5S2/c28-24-14-13-23(38-24)27(35)30-22-17-31(39(36,37)20-6-2-1-3-7-20)16-21(22)29-26(34)18-9-11-19(12-10-18)32-15-5-4-8-25(32)33/h1-15,21-22H,16-17H2,(H,29,34)(H,30,35)/t21-,22+/m0/s1. The number of amides is 2. The van der Waals surface area contributed by atoms with Gasteiger partial charge < -0.3 is 10.6 Å². The maximum atomic E-state index is 13.3. The predicted molar refractivity (Wildman–Crippen MR) is 149 cm³/mol. The number of thiophene rings is 1. The number of hydrogen-bond donors (Lipinski definition) is 2. The molecule has 2 aromatic carbocycles. The molecular formula is C27H23ClN4O5S2. The van der Waals surface area contributed by atoms with Crippen molar-refractivity contribution in [2.75, 3.05) is 13.1 Å². The van der Waals surface area contributed by atoms with E-state index in [-0.39, 0.29) is 23.5 Å². The fourth-order valence-corrected chi connectivity index (χ4v) is 6.80. The van der Waals surface area contributed by atoms with E-state index in [1.54, 1.807) is 72.9 Å². The van der Waals surface area contributed by atoms with Crippen LogP contribution in [0.15, 0.2) is 101 Å². The Morgan fingerprint density at radius 3 is 2.08 bits per heavy atom. The molecule has 3 heterocycles. The van der Waals surface area contributed by atoms with Gasteiger partial charge in [-0.25, -0.2) is 8.42 Å². The number of halogens is 1. The van der Waals surface area contributed by atoms with Crippen LogP contribution in [-0.4, -0.2) is 54.3 Å². The highest BCUT2D eigenvalue weighted by Crippen LogP contribution is 2.24. The van der Waals surface area contributed by atoms with E-state index in [0.717, 1.165) is 11.3 Å². The van der Waals surface area contributed by atoms with Crippen molar-refractivity contribution in [3.05, 3.63) is 116 Å². The Bertz CT molecular complexity index is 1670. The third kappa shape index (κ3) is 5.81. The van der Waals surface area contributed by atoms with Crippen LogP contribution >= 0.6 is 22.9 Å². The van der Waals surface area contributed by atoms with E-state index in [0.29, 0.717) is 20.5 Å². The first-order valence-electron chi connectivity index (χ1n) is 11.9. The molecular weight excluding hydrogens is 560 g/mol. The first kappa shape index (κ1) is 26.8. The lowest BCUT2D eigenvalue weighted by Gasteiger charge is -2.21. The minimum absolute atomic E-state index is 0.0249.